The van der Waals surface area contributed by atoms with Crippen molar-refractivity contribution in [1.29, 1.82) is 5.26 Å². The summed E-state index contributed by atoms with van der Waals surface area (Å²) in [6.07, 6.45) is 0. The van der Waals surface area contributed by atoms with Crippen LogP contribution in [0.1, 0.15) is 5.56 Å². The Morgan fingerprint density at radius 2 is 1.81 bits per heavy atom. The number of nitriles is 1. The normalized spacial score (nSPS) is 10.6. The van der Waals surface area contributed by atoms with E-state index in [1.807, 2.05) is 37.8 Å². The maximum absolute atomic E-state index is 9.01. The van der Waals surface area contributed by atoms with Gasteiger partial charge in [0.05, 0.1) is 22.7 Å². The Labute approximate surface area is 123 Å². The van der Waals surface area contributed by atoms with Crippen LogP contribution in [0.3, 0.4) is 0 Å². The highest BCUT2D eigenvalue weighted by Gasteiger charge is 2.10. The average Bonchev–Trinajstić information content (AvgIpc) is 2.84. The summed E-state index contributed by atoms with van der Waals surface area (Å²) < 4.78 is 2.03. The van der Waals surface area contributed by atoms with E-state index < -0.39 is 0 Å². The Hall–Kier alpha value is -2.80. The molecule has 1 heterocycles. The van der Waals surface area contributed by atoms with Crippen LogP contribution in [-0.4, -0.2) is 23.6 Å². The van der Waals surface area contributed by atoms with E-state index >= 15 is 0 Å². The van der Waals surface area contributed by atoms with Gasteiger partial charge in [-0.2, -0.15) is 5.26 Å². The van der Waals surface area contributed by atoms with Crippen LogP contribution >= 0.6 is 0 Å². The molecule has 0 saturated heterocycles. The van der Waals surface area contributed by atoms with Crippen LogP contribution in [0, 0.1) is 11.3 Å². The molecule has 0 radical (unpaired) electrons. The molecule has 0 spiro atoms. The number of aromatic nitrogens is 2. The molecule has 0 atom stereocenters. The number of hydrogen-bond acceptors (Lipinski definition) is 3. The minimum atomic E-state index is 0.653. The number of imidazole rings is 1. The second-order valence-electron chi connectivity index (χ2n) is 5.25. The van der Waals surface area contributed by atoms with Crippen LogP contribution in [0.5, 0.6) is 0 Å². The van der Waals surface area contributed by atoms with E-state index in [0.717, 1.165) is 28.1 Å². The van der Waals surface area contributed by atoms with Gasteiger partial charge in [-0.25, -0.2) is 4.98 Å². The predicted octanol–water partition coefficient (Wildman–Crippen LogP) is 3.18. The molecule has 0 bridgehead atoms. The molecule has 3 aromatic rings. The summed E-state index contributed by atoms with van der Waals surface area (Å²) in [5.74, 6) is 0.908. The van der Waals surface area contributed by atoms with Gasteiger partial charge in [-0.05, 0) is 42.5 Å². The maximum atomic E-state index is 9.01. The van der Waals surface area contributed by atoms with Crippen molar-refractivity contribution in [2.24, 2.45) is 7.05 Å². The summed E-state index contributed by atoms with van der Waals surface area (Å²) in [6, 6.07) is 16.0. The first-order valence-corrected chi connectivity index (χ1v) is 6.74. The smallest absolute Gasteiger partial charge is 0.140 e. The van der Waals surface area contributed by atoms with Crippen molar-refractivity contribution in [3.8, 4) is 17.5 Å². The second kappa shape index (κ2) is 4.95. The summed E-state index contributed by atoms with van der Waals surface area (Å²) in [5.41, 5.74) is 4.76. The Balaban J connectivity index is 2.12. The molecule has 0 unspecified atom stereocenters. The number of hydrogen-bond donors (Lipinski definition) is 0. The monoisotopic (exact) mass is 276 g/mol. The highest BCUT2D eigenvalue weighted by atomic mass is 15.1. The van der Waals surface area contributed by atoms with E-state index in [0.29, 0.717) is 5.56 Å². The molecule has 21 heavy (non-hydrogen) atoms. The molecule has 4 nitrogen and oxygen atoms in total. The minimum Gasteiger partial charge on any atom is -0.378 e. The van der Waals surface area contributed by atoms with E-state index in [-0.39, 0.29) is 0 Å². The Kier molecular flexibility index (Phi) is 3.11. The molecule has 3 rings (SSSR count). The molecule has 104 valence electrons. The highest BCUT2D eigenvalue weighted by Crippen LogP contribution is 2.25. The number of aryl methyl sites for hydroxylation is 1. The van der Waals surface area contributed by atoms with Gasteiger partial charge in [0.15, 0.2) is 0 Å². The van der Waals surface area contributed by atoms with Gasteiger partial charge in [0.2, 0.25) is 0 Å². The molecule has 0 fully saturated rings. The van der Waals surface area contributed by atoms with Crippen molar-refractivity contribution in [1.82, 2.24) is 9.55 Å². The lowest BCUT2D eigenvalue weighted by Gasteiger charge is -2.12. The quantitative estimate of drug-likeness (QED) is 0.722. The lowest BCUT2D eigenvalue weighted by molar-refractivity contribution is 0.959. The van der Waals surface area contributed by atoms with Crippen molar-refractivity contribution < 1.29 is 0 Å². The number of anilines is 1. The largest absolute Gasteiger partial charge is 0.378 e. The molecular weight excluding hydrogens is 260 g/mol. The van der Waals surface area contributed by atoms with Crippen molar-refractivity contribution in [2.75, 3.05) is 19.0 Å². The third kappa shape index (κ3) is 2.23. The van der Waals surface area contributed by atoms with E-state index in [4.69, 9.17) is 5.26 Å². The lowest BCUT2D eigenvalue weighted by Crippen LogP contribution is -2.08. The van der Waals surface area contributed by atoms with Crippen molar-refractivity contribution in [3.63, 3.8) is 0 Å². The summed E-state index contributed by atoms with van der Waals surface area (Å²) in [7, 11) is 6.02. The van der Waals surface area contributed by atoms with Crippen molar-refractivity contribution in [2.45, 2.75) is 0 Å². The highest BCUT2D eigenvalue weighted by molar-refractivity contribution is 5.82. The van der Waals surface area contributed by atoms with Gasteiger partial charge in [0, 0.05) is 32.4 Å². The number of rotatable bonds is 2. The number of benzene rings is 2. The van der Waals surface area contributed by atoms with E-state index in [1.54, 1.807) is 6.07 Å². The first kappa shape index (κ1) is 13.2. The standard InChI is InChI=1S/C17H16N4/c1-20(2)14-7-5-13(6-8-14)17-19-15-9-4-12(11-18)10-16(15)21(17)3/h4-10H,1-3H3. The van der Waals surface area contributed by atoms with Gasteiger partial charge in [0.25, 0.3) is 0 Å². The molecule has 1 aromatic heterocycles. The number of fused-ring (bicyclic) bond motifs is 1. The predicted molar refractivity (Wildman–Crippen MR) is 85.2 cm³/mol. The Morgan fingerprint density at radius 1 is 1.10 bits per heavy atom. The van der Waals surface area contributed by atoms with Gasteiger partial charge in [0.1, 0.15) is 5.82 Å². The van der Waals surface area contributed by atoms with Gasteiger partial charge in [-0.1, -0.05) is 0 Å². The topological polar surface area (TPSA) is 44.9 Å². The molecule has 0 saturated carbocycles. The zero-order valence-corrected chi connectivity index (χ0v) is 12.3. The molecule has 0 aliphatic carbocycles. The summed E-state index contributed by atoms with van der Waals surface area (Å²) in [4.78, 5) is 6.74. The number of nitrogens with zero attached hydrogens (tertiary/aromatic N) is 4. The SMILES string of the molecule is CN(C)c1ccc(-c2nc3ccc(C#N)cc3n2C)cc1. The lowest BCUT2D eigenvalue weighted by atomic mass is 10.2. The van der Waals surface area contributed by atoms with Crippen LogP contribution in [0.25, 0.3) is 22.4 Å². The Morgan fingerprint density at radius 3 is 2.43 bits per heavy atom. The molecular formula is C17H16N4. The van der Waals surface area contributed by atoms with E-state index in [2.05, 4.69) is 40.2 Å². The molecule has 0 aliphatic heterocycles. The molecule has 0 amide bonds. The van der Waals surface area contributed by atoms with E-state index in [9.17, 15) is 0 Å². The van der Waals surface area contributed by atoms with Crippen molar-refractivity contribution >= 4 is 16.7 Å². The van der Waals surface area contributed by atoms with Gasteiger partial charge < -0.3 is 9.47 Å². The molecule has 0 N–H and O–H groups in total. The maximum Gasteiger partial charge on any atom is 0.140 e. The molecule has 0 aliphatic rings. The zero-order chi connectivity index (χ0) is 15.0. The van der Waals surface area contributed by atoms with Crippen LogP contribution in [0.15, 0.2) is 42.5 Å². The third-order valence-electron chi connectivity index (χ3n) is 3.65. The molecule has 4 heteroatoms. The fourth-order valence-corrected chi connectivity index (χ4v) is 2.43. The van der Waals surface area contributed by atoms with Crippen LogP contribution < -0.4 is 4.90 Å². The van der Waals surface area contributed by atoms with Crippen LogP contribution in [-0.2, 0) is 7.05 Å². The average molecular weight is 276 g/mol. The summed E-state index contributed by atoms with van der Waals surface area (Å²) in [5, 5.41) is 9.01. The summed E-state index contributed by atoms with van der Waals surface area (Å²) in [6.45, 7) is 0. The third-order valence-corrected chi connectivity index (χ3v) is 3.65. The second-order valence-corrected chi connectivity index (χ2v) is 5.25. The van der Waals surface area contributed by atoms with Crippen LogP contribution in [0.4, 0.5) is 5.69 Å². The Bertz CT molecular complexity index is 836. The van der Waals surface area contributed by atoms with Crippen molar-refractivity contribution in [3.05, 3.63) is 48.0 Å². The minimum absolute atomic E-state index is 0.653. The van der Waals surface area contributed by atoms with Crippen LogP contribution in [0.2, 0.25) is 0 Å². The van der Waals surface area contributed by atoms with Gasteiger partial charge in [-0.3, -0.25) is 0 Å². The van der Waals surface area contributed by atoms with Gasteiger partial charge in [-0.15, -0.1) is 0 Å². The zero-order valence-electron chi connectivity index (χ0n) is 12.3. The van der Waals surface area contributed by atoms with E-state index in [1.165, 1.54) is 0 Å². The first-order chi connectivity index (χ1) is 10.1. The summed E-state index contributed by atoms with van der Waals surface area (Å²) >= 11 is 0. The van der Waals surface area contributed by atoms with Gasteiger partial charge >= 0.3 is 0 Å². The first-order valence-electron chi connectivity index (χ1n) is 6.74. The molecule has 2 aromatic carbocycles. The fourth-order valence-electron chi connectivity index (χ4n) is 2.43. The fraction of sp³-hybridized carbons (Fsp3) is 0.176.